The molecule has 98 valence electrons. The molecular formula is C14H21N3O. The van der Waals surface area contributed by atoms with Gasteiger partial charge in [-0.05, 0) is 25.8 Å². The highest BCUT2D eigenvalue weighted by molar-refractivity contribution is 5.61. The van der Waals surface area contributed by atoms with Crippen LogP contribution in [0.15, 0.2) is 16.7 Å². The van der Waals surface area contributed by atoms with Crippen LogP contribution in [0.25, 0.3) is 11.3 Å². The van der Waals surface area contributed by atoms with Gasteiger partial charge in [-0.25, -0.2) is 4.98 Å². The van der Waals surface area contributed by atoms with Crippen molar-refractivity contribution in [1.82, 2.24) is 9.97 Å². The highest BCUT2D eigenvalue weighted by Gasteiger charge is 2.18. The Kier molecular flexibility index (Phi) is 3.57. The Hall–Kier alpha value is -1.55. The summed E-state index contributed by atoms with van der Waals surface area (Å²) in [6.45, 7) is 8.17. The van der Waals surface area contributed by atoms with Crippen molar-refractivity contribution in [2.24, 2.45) is 11.7 Å². The van der Waals surface area contributed by atoms with Gasteiger partial charge in [0.2, 0.25) is 0 Å². The largest absolute Gasteiger partial charge is 0.466 e. The molecule has 4 nitrogen and oxygen atoms in total. The monoisotopic (exact) mass is 247 g/mol. The van der Waals surface area contributed by atoms with Gasteiger partial charge < -0.3 is 15.1 Å². The van der Waals surface area contributed by atoms with Crippen molar-refractivity contribution in [3.05, 3.63) is 29.6 Å². The molecule has 0 spiro atoms. The number of aromatic nitrogens is 2. The lowest BCUT2D eigenvalue weighted by atomic mass is 10.00. The van der Waals surface area contributed by atoms with Crippen molar-refractivity contribution >= 4 is 0 Å². The molecule has 0 amide bonds. The molecule has 0 radical (unpaired) electrons. The topological polar surface area (TPSA) is 67.8 Å². The molecule has 0 aliphatic heterocycles. The number of aryl methyl sites for hydroxylation is 2. The van der Waals surface area contributed by atoms with E-state index in [1.165, 1.54) is 0 Å². The molecule has 0 bridgehead atoms. The fourth-order valence-electron chi connectivity index (χ4n) is 2.06. The smallest absolute Gasteiger partial charge is 0.123 e. The zero-order valence-corrected chi connectivity index (χ0v) is 11.4. The molecule has 3 N–H and O–H groups in total. The lowest BCUT2D eigenvalue weighted by Gasteiger charge is -2.15. The van der Waals surface area contributed by atoms with E-state index in [9.17, 15) is 0 Å². The molecule has 0 aromatic carbocycles. The van der Waals surface area contributed by atoms with Crippen molar-refractivity contribution in [2.75, 3.05) is 0 Å². The zero-order chi connectivity index (χ0) is 13.3. The summed E-state index contributed by atoms with van der Waals surface area (Å²) < 4.78 is 5.53. The van der Waals surface area contributed by atoms with Gasteiger partial charge in [-0.1, -0.05) is 20.3 Å². The molecule has 0 saturated heterocycles. The van der Waals surface area contributed by atoms with Gasteiger partial charge in [0.25, 0.3) is 0 Å². The molecule has 2 atom stereocenters. The third-order valence-corrected chi connectivity index (χ3v) is 3.50. The highest BCUT2D eigenvalue weighted by atomic mass is 16.3. The van der Waals surface area contributed by atoms with Crippen molar-refractivity contribution in [3.63, 3.8) is 0 Å². The number of nitrogens with one attached hydrogen (secondary N) is 1. The highest BCUT2D eigenvalue weighted by Crippen LogP contribution is 2.27. The predicted octanol–water partition coefficient (Wildman–Crippen LogP) is 3.33. The molecule has 0 saturated carbocycles. The predicted molar refractivity (Wildman–Crippen MR) is 72.1 cm³/mol. The average Bonchev–Trinajstić information content (AvgIpc) is 2.93. The van der Waals surface area contributed by atoms with Crippen LogP contribution < -0.4 is 5.73 Å². The fraction of sp³-hybridized carbons (Fsp3) is 0.500. The third kappa shape index (κ3) is 2.34. The maximum absolute atomic E-state index is 6.17. The number of furan rings is 1. The molecule has 4 heteroatoms. The van der Waals surface area contributed by atoms with Crippen LogP contribution in [-0.4, -0.2) is 9.97 Å². The second-order valence-corrected chi connectivity index (χ2v) is 4.92. The van der Waals surface area contributed by atoms with Crippen molar-refractivity contribution in [2.45, 2.75) is 40.2 Å². The normalized spacial score (nSPS) is 14.7. The Balaban J connectivity index is 2.28. The summed E-state index contributed by atoms with van der Waals surface area (Å²) in [6, 6.07) is 1.97. The van der Waals surface area contributed by atoms with Crippen LogP contribution in [0.2, 0.25) is 0 Å². The summed E-state index contributed by atoms with van der Waals surface area (Å²) in [7, 11) is 0. The first kappa shape index (κ1) is 12.9. The Morgan fingerprint density at radius 3 is 2.72 bits per heavy atom. The Bertz CT molecular complexity index is 527. The van der Waals surface area contributed by atoms with Crippen LogP contribution in [0.4, 0.5) is 0 Å². The molecule has 2 aromatic rings. The van der Waals surface area contributed by atoms with Crippen LogP contribution in [0, 0.1) is 19.8 Å². The molecule has 2 unspecified atom stereocenters. The molecule has 2 aromatic heterocycles. The first-order valence-corrected chi connectivity index (χ1v) is 6.40. The van der Waals surface area contributed by atoms with E-state index in [0.29, 0.717) is 5.92 Å². The van der Waals surface area contributed by atoms with Gasteiger partial charge in [0, 0.05) is 5.56 Å². The second kappa shape index (κ2) is 4.98. The number of imidazole rings is 1. The standard InChI is InChI=1S/C14H21N3O/c1-5-8(2)13(15)14-16-7-12(17-14)11-6-9(3)18-10(11)4/h6-8,13H,5,15H2,1-4H3,(H,16,17). The number of nitrogens with two attached hydrogens (primary N) is 1. The Labute approximate surface area is 108 Å². The van der Waals surface area contributed by atoms with Gasteiger partial charge in [-0.15, -0.1) is 0 Å². The van der Waals surface area contributed by atoms with E-state index in [2.05, 4.69) is 23.8 Å². The SMILES string of the molecule is CCC(C)C(N)c1ncc(-c2cc(C)oc2C)[nH]1. The van der Waals surface area contributed by atoms with E-state index < -0.39 is 0 Å². The molecular weight excluding hydrogens is 226 g/mol. The van der Waals surface area contributed by atoms with E-state index in [1.807, 2.05) is 26.1 Å². The molecule has 2 heterocycles. The summed E-state index contributed by atoms with van der Waals surface area (Å²) in [5, 5.41) is 0. The van der Waals surface area contributed by atoms with E-state index in [1.54, 1.807) is 0 Å². The van der Waals surface area contributed by atoms with Crippen LogP contribution in [0.5, 0.6) is 0 Å². The van der Waals surface area contributed by atoms with Gasteiger partial charge in [0.15, 0.2) is 0 Å². The Morgan fingerprint density at radius 1 is 1.44 bits per heavy atom. The maximum Gasteiger partial charge on any atom is 0.123 e. The lowest BCUT2D eigenvalue weighted by Crippen LogP contribution is -2.19. The molecule has 0 fully saturated rings. The minimum Gasteiger partial charge on any atom is -0.466 e. The minimum atomic E-state index is -0.0444. The van der Waals surface area contributed by atoms with Crippen molar-refractivity contribution < 1.29 is 4.42 Å². The average molecular weight is 247 g/mol. The summed E-state index contributed by atoms with van der Waals surface area (Å²) in [4.78, 5) is 7.69. The van der Waals surface area contributed by atoms with Crippen LogP contribution in [-0.2, 0) is 0 Å². The van der Waals surface area contributed by atoms with E-state index in [0.717, 1.165) is 35.0 Å². The van der Waals surface area contributed by atoms with Crippen LogP contribution in [0.1, 0.15) is 43.7 Å². The van der Waals surface area contributed by atoms with Gasteiger partial charge in [0.1, 0.15) is 17.3 Å². The summed E-state index contributed by atoms with van der Waals surface area (Å²) in [5.74, 6) is 3.07. The third-order valence-electron chi connectivity index (χ3n) is 3.50. The van der Waals surface area contributed by atoms with Crippen LogP contribution in [0.3, 0.4) is 0 Å². The van der Waals surface area contributed by atoms with E-state index >= 15 is 0 Å². The maximum atomic E-state index is 6.17. The first-order chi connectivity index (χ1) is 8.52. The van der Waals surface area contributed by atoms with Crippen molar-refractivity contribution in [1.29, 1.82) is 0 Å². The minimum absolute atomic E-state index is 0.0444. The second-order valence-electron chi connectivity index (χ2n) is 4.92. The lowest BCUT2D eigenvalue weighted by molar-refractivity contribution is 0.441. The number of H-pyrrole nitrogens is 1. The fourth-order valence-corrected chi connectivity index (χ4v) is 2.06. The number of aromatic amines is 1. The first-order valence-electron chi connectivity index (χ1n) is 6.40. The summed E-state index contributed by atoms with van der Waals surface area (Å²) >= 11 is 0. The van der Waals surface area contributed by atoms with Gasteiger partial charge in [-0.2, -0.15) is 0 Å². The van der Waals surface area contributed by atoms with Gasteiger partial charge in [-0.3, -0.25) is 0 Å². The molecule has 2 rings (SSSR count). The number of hydrogen-bond acceptors (Lipinski definition) is 3. The summed E-state index contributed by atoms with van der Waals surface area (Å²) in [5.41, 5.74) is 8.19. The van der Waals surface area contributed by atoms with Gasteiger partial charge >= 0.3 is 0 Å². The van der Waals surface area contributed by atoms with Crippen LogP contribution >= 0.6 is 0 Å². The number of hydrogen-bond donors (Lipinski definition) is 2. The van der Waals surface area contributed by atoms with E-state index in [-0.39, 0.29) is 6.04 Å². The molecule has 0 aliphatic rings. The molecule has 0 aliphatic carbocycles. The molecule has 18 heavy (non-hydrogen) atoms. The van der Waals surface area contributed by atoms with Gasteiger partial charge in [0.05, 0.1) is 17.9 Å². The van der Waals surface area contributed by atoms with Crippen molar-refractivity contribution in [3.8, 4) is 11.3 Å². The zero-order valence-electron chi connectivity index (χ0n) is 11.4. The number of rotatable bonds is 4. The van der Waals surface area contributed by atoms with E-state index in [4.69, 9.17) is 10.2 Å². The summed E-state index contributed by atoms with van der Waals surface area (Å²) in [6.07, 6.45) is 2.87. The number of nitrogens with zero attached hydrogens (tertiary/aromatic N) is 1. The quantitative estimate of drug-likeness (QED) is 0.870. The Morgan fingerprint density at radius 2 is 2.17 bits per heavy atom.